The first-order valence-corrected chi connectivity index (χ1v) is 9.85. The van der Waals surface area contributed by atoms with Crippen LogP contribution in [0.5, 0.6) is 17.2 Å². The van der Waals surface area contributed by atoms with Crippen LogP contribution in [0.1, 0.15) is 35.7 Å². The van der Waals surface area contributed by atoms with E-state index in [9.17, 15) is 9.59 Å². The number of hydrogen-bond acceptors (Lipinski definition) is 6. The maximum Gasteiger partial charge on any atom is 0.271 e. The van der Waals surface area contributed by atoms with Crippen LogP contribution >= 0.6 is 0 Å². The van der Waals surface area contributed by atoms with Gasteiger partial charge in [0.15, 0.2) is 18.1 Å². The lowest BCUT2D eigenvalue weighted by Gasteiger charge is -2.15. The highest BCUT2D eigenvalue weighted by atomic mass is 16.7. The fraction of sp³-hybridized carbons (Fsp3) is 0.318. The topological polar surface area (TPSA) is 89.5 Å². The smallest absolute Gasteiger partial charge is 0.271 e. The molecule has 156 valence electrons. The molecule has 2 amide bonds. The minimum Gasteiger partial charge on any atom is -0.484 e. The second-order valence-corrected chi connectivity index (χ2v) is 7.11. The third-order valence-electron chi connectivity index (χ3n) is 5.05. The molecule has 0 atom stereocenters. The summed E-state index contributed by atoms with van der Waals surface area (Å²) in [7, 11) is 0. The Hall–Kier alpha value is -3.55. The number of hydrazone groups is 1. The molecule has 0 saturated carbocycles. The van der Waals surface area contributed by atoms with E-state index in [2.05, 4.69) is 10.5 Å². The lowest BCUT2D eigenvalue weighted by molar-refractivity contribution is -0.132. The zero-order valence-corrected chi connectivity index (χ0v) is 16.7. The number of fused-ring (bicyclic) bond motifs is 1. The Morgan fingerprint density at radius 1 is 1.03 bits per heavy atom. The fourth-order valence-corrected chi connectivity index (χ4v) is 3.30. The van der Waals surface area contributed by atoms with Crippen LogP contribution < -0.4 is 19.6 Å². The van der Waals surface area contributed by atoms with Gasteiger partial charge in [-0.1, -0.05) is 0 Å². The highest BCUT2D eigenvalue weighted by molar-refractivity contribution is 6.01. The van der Waals surface area contributed by atoms with Gasteiger partial charge in [-0.15, -0.1) is 0 Å². The average Bonchev–Trinajstić information content (AvgIpc) is 3.47. The number of nitrogens with one attached hydrogen (secondary N) is 1. The van der Waals surface area contributed by atoms with Crippen LogP contribution in [0.25, 0.3) is 0 Å². The number of benzene rings is 2. The minimum atomic E-state index is -0.340. The molecule has 0 aliphatic carbocycles. The van der Waals surface area contributed by atoms with Gasteiger partial charge in [-0.3, -0.25) is 9.59 Å². The molecule has 1 fully saturated rings. The highest BCUT2D eigenvalue weighted by Crippen LogP contribution is 2.32. The fourth-order valence-electron chi connectivity index (χ4n) is 3.30. The van der Waals surface area contributed by atoms with Crippen LogP contribution in [0.15, 0.2) is 47.6 Å². The van der Waals surface area contributed by atoms with Crippen molar-refractivity contribution >= 4 is 17.5 Å². The van der Waals surface area contributed by atoms with E-state index in [0.29, 0.717) is 28.5 Å². The quantitative estimate of drug-likeness (QED) is 0.585. The molecule has 2 aromatic rings. The number of carbonyl (C=O) groups is 2. The van der Waals surface area contributed by atoms with Gasteiger partial charge in [-0.25, -0.2) is 5.43 Å². The molecule has 2 aliphatic heterocycles. The molecule has 0 bridgehead atoms. The summed E-state index contributed by atoms with van der Waals surface area (Å²) in [6.45, 7) is 3.62. The zero-order valence-electron chi connectivity index (χ0n) is 16.7. The van der Waals surface area contributed by atoms with Crippen LogP contribution in [0.4, 0.5) is 0 Å². The van der Waals surface area contributed by atoms with Crippen molar-refractivity contribution in [2.24, 2.45) is 5.10 Å². The number of ether oxygens (including phenoxy) is 3. The van der Waals surface area contributed by atoms with E-state index >= 15 is 0 Å². The monoisotopic (exact) mass is 409 g/mol. The third-order valence-corrected chi connectivity index (χ3v) is 5.05. The molecule has 2 heterocycles. The molecule has 4 rings (SSSR count). The predicted octanol–water partition coefficient (Wildman–Crippen LogP) is 2.57. The number of hydrogen-bond donors (Lipinski definition) is 1. The van der Waals surface area contributed by atoms with Gasteiger partial charge in [0.05, 0.1) is 5.71 Å². The summed E-state index contributed by atoms with van der Waals surface area (Å²) < 4.78 is 16.1. The normalized spacial score (nSPS) is 15.2. The largest absolute Gasteiger partial charge is 0.484 e. The molecule has 8 nitrogen and oxygen atoms in total. The van der Waals surface area contributed by atoms with Crippen molar-refractivity contribution < 1.29 is 23.8 Å². The summed E-state index contributed by atoms with van der Waals surface area (Å²) in [5, 5.41) is 4.16. The van der Waals surface area contributed by atoms with Crippen LogP contribution in [0.3, 0.4) is 0 Å². The number of amides is 2. The predicted molar refractivity (Wildman–Crippen MR) is 110 cm³/mol. The van der Waals surface area contributed by atoms with Crippen molar-refractivity contribution in [1.82, 2.24) is 10.3 Å². The number of rotatable bonds is 6. The van der Waals surface area contributed by atoms with Crippen molar-refractivity contribution in [3.63, 3.8) is 0 Å². The van der Waals surface area contributed by atoms with Gasteiger partial charge in [0.2, 0.25) is 6.79 Å². The Balaban J connectivity index is 1.31. The van der Waals surface area contributed by atoms with E-state index in [1.807, 2.05) is 17.0 Å². The minimum absolute atomic E-state index is 0.0144. The van der Waals surface area contributed by atoms with Crippen LogP contribution in [-0.2, 0) is 4.79 Å². The van der Waals surface area contributed by atoms with Gasteiger partial charge >= 0.3 is 0 Å². The molecule has 8 heteroatoms. The van der Waals surface area contributed by atoms with Gasteiger partial charge in [-0.2, -0.15) is 5.10 Å². The zero-order chi connectivity index (χ0) is 20.9. The molecule has 2 aromatic carbocycles. The summed E-state index contributed by atoms with van der Waals surface area (Å²) in [5.74, 6) is 1.45. The molecule has 1 saturated heterocycles. The summed E-state index contributed by atoms with van der Waals surface area (Å²) in [6.07, 6.45) is 2.12. The standard InChI is InChI=1S/C22H23N3O5/c1-15(23-24-22(27)17-6-9-19-20(12-17)30-14-29-19)16-4-7-18(8-5-16)28-13-21(26)25-10-2-3-11-25/h4-9,12H,2-3,10-11,13-14H2,1H3,(H,24,27)/b23-15-. The SMILES string of the molecule is C/C(=N/NC(=O)c1ccc2c(c1)OCO2)c1ccc(OCC(=O)N2CCCC2)cc1. The van der Waals surface area contributed by atoms with Crippen LogP contribution in [0.2, 0.25) is 0 Å². The van der Waals surface area contributed by atoms with Gasteiger partial charge < -0.3 is 19.1 Å². The Morgan fingerprint density at radius 3 is 2.50 bits per heavy atom. The Kier molecular flexibility index (Phi) is 5.83. The van der Waals surface area contributed by atoms with Crippen molar-refractivity contribution in [3.8, 4) is 17.2 Å². The lowest BCUT2D eigenvalue weighted by atomic mass is 10.1. The summed E-state index contributed by atoms with van der Waals surface area (Å²) in [4.78, 5) is 26.2. The molecule has 0 spiro atoms. The lowest BCUT2D eigenvalue weighted by Crippen LogP contribution is -2.32. The maximum atomic E-state index is 12.3. The molecule has 0 radical (unpaired) electrons. The number of carbonyl (C=O) groups excluding carboxylic acids is 2. The molecule has 0 unspecified atom stereocenters. The van der Waals surface area contributed by atoms with Crippen molar-refractivity contribution in [2.75, 3.05) is 26.5 Å². The van der Waals surface area contributed by atoms with Crippen molar-refractivity contribution in [2.45, 2.75) is 19.8 Å². The van der Waals surface area contributed by atoms with Crippen LogP contribution in [0, 0.1) is 0 Å². The summed E-state index contributed by atoms with van der Waals surface area (Å²) in [5.41, 5.74) is 4.45. The van der Waals surface area contributed by atoms with E-state index in [-0.39, 0.29) is 25.2 Å². The first-order valence-electron chi connectivity index (χ1n) is 9.85. The third kappa shape index (κ3) is 4.53. The van der Waals surface area contributed by atoms with E-state index in [4.69, 9.17) is 14.2 Å². The molecular formula is C22H23N3O5. The first-order chi connectivity index (χ1) is 14.6. The highest BCUT2D eigenvalue weighted by Gasteiger charge is 2.18. The first kappa shape index (κ1) is 19.8. The molecular weight excluding hydrogens is 386 g/mol. The van der Waals surface area contributed by atoms with Gasteiger partial charge in [0, 0.05) is 18.7 Å². The van der Waals surface area contributed by atoms with E-state index in [1.54, 1.807) is 37.3 Å². The molecule has 0 aromatic heterocycles. The molecule has 1 N–H and O–H groups in total. The van der Waals surface area contributed by atoms with Crippen LogP contribution in [-0.4, -0.2) is 48.9 Å². The van der Waals surface area contributed by atoms with Crippen molar-refractivity contribution in [3.05, 3.63) is 53.6 Å². The summed E-state index contributed by atoms with van der Waals surface area (Å²) in [6, 6.07) is 12.2. The Labute approximate surface area is 174 Å². The van der Waals surface area contributed by atoms with Crippen molar-refractivity contribution in [1.29, 1.82) is 0 Å². The number of likely N-dealkylation sites (tertiary alicyclic amines) is 1. The molecule has 2 aliphatic rings. The van der Waals surface area contributed by atoms with E-state index in [1.165, 1.54) is 0 Å². The van der Waals surface area contributed by atoms with Gasteiger partial charge in [0.25, 0.3) is 11.8 Å². The van der Waals surface area contributed by atoms with Gasteiger partial charge in [0.1, 0.15) is 5.75 Å². The Morgan fingerprint density at radius 2 is 1.73 bits per heavy atom. The van der Waals surface area contributed by atoms with E-state index < -0.39 is 0 Å². The maximum absolute atomic E-state index is 12.3. The van der Waals surface area contributed by atoms with Gasteiger partial charge in [-0.05, 0) is 67.8 Å². The average molecular weight is 409 g/mol. The molecule has 30 heavy (non-hydrogen) atoms. The second kappa shape index (κ2) is 8.86. The number of nitrogens with zero attached hydrogens (tertiary/aromatic N) is 2. The summed E-state index contributed by atoms with van der Waals surface area (Å²) >= 11 is 0. The van der Waals surface area contributed by atoms with E-state index in [0.717, 1.165) is 31.5 Å². The second-order valence-electron chi connectivity index (χ2n) is 7.11. The Bertz CT molecular complexity index is 965.